The fourth-order valence-corrected chi connectivity index (χ4v) is 2.46. The predicted molar refractivity (Wildman–Crippen MR) is 57.0 cm³/mol. The number of hydrogen-bond donors (Lipinski definition) is 1. The van der Waals surface area contributed by atoms with Crippen LogP contribution >= 0.6 is 11.3 Å². The molecule has 1 heterocycles. The fourth-order valence-electron chi connectivity index (χ4n) is 1.45. The maximum atomic E-state index is 9.69. The number of thiophene rings is 1. The Morgan fingerprint density at radius 2 is 2.21 bits per heavy atom. The van der Waals surface area contributed by atoms with Gasteiger partial charge in [-0.05, 0) is 16.8 Å². The monoisotopic (exact) mass is 203 g/mol. The van der Waals surface area contributed by atoms with E-state index in [2.05, 4.69) is 0 Å². The summed E-state index contributed by atoms with van der Waals surface area (Å²) in [4.78, 5) is 0. The van der Waals surface area contributed by atoms with E-state index in [0.29, 0.717) is 0 Å². The first-order valence-electron chi connectivity index (χ1n) is 4.34. The summed E-state index contributed by atoms with van der Waals surface area (Å²) in [5.74, 6) is 0. The lowest BCUT2D eigenvalue weighted by Crippen LogP contribution is -1.93. The van der Waals surface area contributed by atoms with E-state index >= 15 is 0 Å². The zero-order valence-electron chi connectivity index (χ0n) is 7.47. The molecule has 0 spiro atoms. The molecule has 0 aliphatic heterocycles. The fraction of sp³-hybridized carbons (Fsp3) is 0.182. The number of aliphatic hydroxyl groups excluding tert-OH is 1. The van der Waals surface area contributed by atoms with Gasteiger partial charge in [0.15, 0.2) is 0 Å². The molecular weight excluding hydrogens is 194 g/mol. The minimum Gasteiger partial charge on any atom is -0.387 e. The van der Waals surface area contributed by atoms with Crippen molar-refractivity contribution >= 4 is 21.4 Å². The van der Waals surface area contributed by atoms with E-state index in [1.165, 1.54) is 0 Å². The number of benzene rings is 1. The summed E-state index contributed by atoms with van der Waals surface area (Å²) in [5.41, 5.74) is 0.868. The van der Waals surface area contributed by atoms with Gasteiger partial charge in [-0.2, -0.15) is 5.26 Å². The number of hydrogen-bond acceptors (Lipinski definition) is 3. The number of nitrogens with zero attached hydrogens (tertiary/aromatic N) is 1. The van der Waals surface area contributed by atoms with Crippen LogP contribution in [0.25, 0.3) is 10.1 Å². The van der Waals surface area contributed by atoms with Crippen LogP contribution in [0.1, 0.15) is 18.1 Å². The van der Waals surface area contributed by atoms with Crippen molar-refractivity contribution in [1.29, 1.82) is 5.26 Å². The second kappa shape index (κ2) is 3.79. The van der Waals surface area contributed by atoms with Crippen LogP contribution in [-0.2, 0) is 0 Å². The summed E-state index contributed by atoms with van der Waals surface area (Å²) in [6.45, 7) is 0. The standard InChI is InChI=1S/C11H9NOS/c12-6-5-10(13)9-7-14-11-4-2-1-3-8(9)11/h1-4,7,10,13H,5H2. The predicted octanol–water partition coefficient (Wildman–Crippen LogP) is 2.85. The van der Waals surface area contributed by atoms with Gasteiger partial charge in [-0.15, -0.1) is 11.3 Å². The zero-order valence-corrected chi connectivity index (χ0v) is 8.29. The highest BCUT2D eigenvalue weighted by Crippen LogP contribution is 2.31. The van der Waals surface area contributed by atoms with Crippen LogP contribution < -0.4 is 0 Å². The second-order valence-electron chi connectivity index (χ2n) is 3.07. The molecule has 1 unspecified atom stereocenters. The van der Waals surface area contributed by atoms with Gasteiger partial charge in [-0.3, -0.25) is 0 Å². The van der Waals surface area contributed by atoms with Gasteiger partial charge in [0, 0.05) is 10.3 Å². The van der Waals surface area contributed by atoms with Gasteiger partial charge in [0.25, 0.3) is 0 Å². The van der Waals surface area contributed by atoms with Gasteiger partial charge in [0.05, 0.1) is 18.6 Å². The molecule has 1 atom stereocenters. The Balaban J connectivity index is 2.48. The van der Waals surface area contributed by atoms with E-state index in [4.69, 9.17) is 5.26 Å². The molecule has 70 valence electrons. The van der Waals surface area contributed by atoms with Gasteiger partial charge in [-0.1, -0.05) is 18.2 Å². The van der Waals surface area contributed by atoms with Crippen molar-refractivity contribution in [2.24, 2.45) is 0 Å². The summed E-state index contributed by atoms with van der Waals surface area (Å²) < 4.78 is 1.15. The molecule has 3 heteroatoms. The zero-order chi connectivity index (χ0) is 9.97. The highest BCUT2D eigenvalue weighted by atomic mass is 32.1. The first-order valence-corrected chi connectivity index (χ1v) is 5.22. The molecule has 0 bridgehead atoms. The van der Waals surface area contributed by atoms with Crippen molar-refractivity contribution in [1.82, 2.24) is 0 Å². The normalized spacial score (nSPS) is 12.6. The molecule has 0 amide bonds. The van der Waals surface area contributed by atoms with Crippen molar-refractivity contribution in [3.8, 4) is 6.07 Å². The highest BCUT2D eigenvalue weighted by molar-refractivity contribution is 7.17. The van der Waals surface area contributed by atoms with Crippen molar-refractivity contribution in [3.63, 3.8) is 0 Å². The van der Waals surface area contributed by atoms with Crippen molar-refractivity contribution in [2.45, 2.75) is 12.5 Å². The first kappa shape index (κ1) is 9.20. The molecule has 0 fully saturated rings. The Morgan fingerprint density at radius 1 is 1.43 bits per heavy atom. The lowest BCUT2D eigenvalue weighted by molar-refractivity contribution is 0.185. The molecule has 1 aromatic carbocycles. The molecule has 1 aromatic heterocycles. The molecule has 14 heavy (non-hydrogen) atoms. The number of fused-ring (bicyclic) bond motifs is 1. The van der Waals surface area contributed by atoms with Gasteiger partial charge >= 0.3 is 0 Å². The SMILES string of the molecule is N#CCC(O)c1csc2ccccc12. The smallest absolute Gasteiger partial charge is 0.0933 e. The van der Waals surface area contributed by atoms with Crippen LogP contribution in [0.3, 0.4) is 0 Å². The Labute approximate surface area is 86.0 Å². The third-order valence-electron chi connectivity index (χ3n) is 2.15. The van der Waals surface area contributed by atoms with Crippen LogP contribution in [0.5, 0.6) is 0 Å². The highest BCUT2D eigenvalue weighted by Gasteiger charge is 2.11. The molecule has 1 N–H and O–H groups in total. The van der Waals surface area contributed by atoms with Crippen LogP contribution in [0.2, 0.25) is 0 Å². The molecule has 0 aliphatic rings. The van der Waals surface area contributed by atoms with E-state index in [0.717, 1.165) is 15.6 Å². The van der Waals surface area contributed by atoms with Crippen molar-refractivity contribution in [2.75, 3.05) is 0 Å². The number of nitriles is 1. The van der Waals surface area contributed by atoms with Crippen molar-refractivity contribution in [3.05, 3.63) is 35.2 Å². The number of aliphatic hydroxyl groups is 1. The maximum Gasteiger partial charge on any atom is 0.0933 e. The first-order chi connectivity index (χ1) is 6.83. The van der Waals surface area contributed by atoms with E-state index in [1.807, 2.05) is 35.7 Å². The third-order valence-corrected chi connectivity index (χ3v) is 3.14. The molecular formula is C11H9NOS. The van der Waals surface area contributed by atoms with E-state index in [1.54, 1.807) is 11.3 Å². The Morgan fingerprint density at radius 3 is 3.00 bits per heavy atom. The number of rotatable bonds is 2. The van der Waals surface area contributed by atoms with E-state index in [-0.39, 0.29) is 6.42 Å². The van der Waals surface area contributed by atoms with Crippen LogP contribution in [0.15, 0.2) is 29.6 Å². The van der Waals surface area contributed by atoms with E-state index < -0.39 is 6.10 Å². The minimum absolute atomic E-state index is 0.153. The second-order valence-corrected chi connectivity index (χ2v) is 3.98. The van der Waals surface area contributed by atoms with Crippen LogP contribution in [0.4, 0.5) is 0 Å². The minimum atomic E-state index is -0.656. The molecule has 0 saturated carbocycles. The molecule has 0 saturated heterocycles. The van der Waals surface area contributed by atoms with Gasteiger partial charge < -0.3 is 5.11 Å². The third kappa shape index (κ3) is 1.50. The van der Waals surface area contributed by atoms with Crippen LogP contribution in [-0.4, -0.2) is 5.11 Å². The molecule has 0 aliphatic carbocycles. The largest absolute Gasteiger partial charge is 0.387 e. The summed E-state index contributed by atoms with van der Waals surface area (Å²) in [6, 6.07) is 9.88. The van der Waals surface area contributed by atoms with Gasteiger partial charge in [0.2, 0.25) is 0 Å². The summed E-state index contributed by atoms with van der Waals surface area (Å²) in [5, 5.41) is 21.2. The lowest BCUT2D eigenvalue weighted by atomic mass is 10.1. The summed E-state index contributed by atoms with van der Waals surface area (Å²) in [6.07, 6.45) is -0.503. The molecule has 2 rings (SSSR count). The Bertz CT molecular complexity index is 483. The molecule has 2 aromatic rings. The quantitative estimate of drug-likeness (QED) is 0.815. The Kier molecular flexibility index (Phi) is 2.49. The summed E-state index contributed by atoms with van der Waals surface area (Å²) >= 11 is 1.60. The summed E-state index contributed by atoms with van der Waals surface area (Å²) in [7, 11) is 0. The van der Waals surface area contributed by atoms with Crippen molar-refractivity contribution < 1.29 is 5.11 Å². The maximum absolute atomic E-state index is 9.69. The van der Waals surface area contributed by atoms with Crippen LogP contribution in [0, 0.1) is 11.3 Å². The average Bonchev–Trinajstić information content (AvgIpc) is 2.61. The lowest BCUT2D eigenvalue weighted by Gasteiger charge is -2.03. The Hall–Kier alpha value is -1.37. The average molecular weight is 203 g/mol. The molecule has 2 nitrogen and oxygen atoms in total. The van der Waals surface area contributed by atoms with E-state index in [9.17, 15) is 5.11 Å². The molecule has 0 radical (unpaired) electrons. The van der Waals surface area contributed by atoms with Gasteiger partial charge in [0.1, 0.15) is 0 Å². The topological polar surface area (TPSA) is 44.0 Å². The van der Waals surface area contributed by atoms with Gasteiger partial charge in [-0.25, -0.2) is 0 Å².